The molecule has 3 rings (SSSR count). The number of fused-ring (bicyclic) bond motifs is 1. The molecule has 0 unspecified atom stereocenters. The first kappa shape index (κ1) is 10.6. The quantitative estimate of drug-likeness (QED) is 0.726. The SMILES string of the molecule is CN1CC=C(c2cn(C)c3ccccc23)CC1. The highest BCUT2D eigenvalue weighted by Crippen LogP contribution is 2.30. The third-order valence-electron chi connectivity index (χ3n) is 3.66. The van der Waals surface area contributed by atoms with E-state index in [1.54, 1.807) is 0 Å². The number of hydrogen-bond donors (Lipinski definition) is 0. The molecule has 0 atom stereocenters. The molecule has 1 aromatic carbocycles. The molecule has 0 amide bonds. The first-order valence-corrected chi connectivity index (χ1v) is 6.18. The molecular formula is C15H18N2. The smallest absolute Gasteiger partial charge is 0.0484 e. The average molecular weight is 226 g/mol. The maximum atomic E-state index is 2.37. The Hall–Kier alpha value is -1.54. The molecule has 0 fully saturated rings. The molecule has 0 radical (unpaired) electrons. The van der Waals surface area contributed by atoms with Crippen molar-refractivity contribution < 1.29 is 0 Å². The zero-order valence-electron chi connectivity index (χ0n) is 10.5. The van der Waals surface area contributed by atoms with E-state index < -0.39 is 0 Å². The molecule has 17 heavy (non-hydrogen) atoms. The van der Waals surface area contributed by atoms with Gasteiger partial charge in [0, 0.05) is 42.8 Å². The highest BCUT2D eigenvalue weighted by Gasteiger charge is 2.13. The van der Waals surface area contributed by atoms with Crippen LogP contribution in [0.2, 0.25) is 0 Å². The number of nitrogens with zero attached hydrogens (tertiary/aromatic N) is 2. The molecule has 2 nitrogen and oxygen atoms in total. The summed E-state index contributed by atoms with van der Waals surface area (Å²) in [7, 11) is 4.30. The molecule has 1 aliphatic heterocycles. The number of aryl methyl sites for hydroxylation is 1. The minimum atomic E-state index is 1.07. The molecule has 0 spiro atoms. The summed E-state index contributed by atoms with van der Waals surface area (Å²) in [4.78, 5) is 2.36. The number of para-hydroxylation sites is 1. The second-order valence-corrected chi connectivity index (χ2v) is 4.91. The van der Waals surface area contributed by atoms with E-state index in [4.69, 9.17) is 0 Å². The molecule has 0 saturated carbocycles. The predicted molar refractivity (Wildman–Crippen MR) is 73.0 cm³/mol. The van der Waals surface area contributed by atoms with Gasteiger partial charge in [-0.2, -0.15) is 0 Å². The lowest BCUT2D eigenvalue weighted by Gasteiger charge is -2.21. The first-order valence-electron chi connectivity index (χ1n) is 6.18. The van der Waals surface area contributed by atoms with Gasteiger partial charge in [0.25, 0.3) is 0 Å². The van der Waals surface area contributed by atoms with Crippen molar-refractivity contribution in [1.82, 2.24) is 9.47 Å². The van der Waals surface area contributed by atoms with Crippen LogP contribution in [0.4, 0.5) is 0 Å². The Morgan fingerprint density at radius 1 is 1.12 bits per heavy atom. The number of rotatable bonds is 1. The van der Waals surface area contributed by atoms with Gasteiger partial charge in [-0.1, -0.05) is 24.3 Å². The minimum Gasteiger partial charge on any atom is -0.350 e. The van der Waals surface area contributed by atoms with Crippen LogP contribution in [0.5, 0.6) is 0 Å². The van der Waals surface area contributed by atoms with E-state index in [-0.39, 0.29) is 0 Å². The Balaban J connectivity index is 2.12. The lowest BCUT2D eigenvalue weighted by molar-refractivity contribution is 0.370. The Kier molecular flexibility index (Phi) is 2.52. The van der Waals surface area contributed by atoms with Gasteiger partial charge in [-0.05, 0) is 25.1 Å². The highest BCUT2D eigenvalue weighted by atomic mass is 15.1. The van der Waals surface area contributed by atoms with E-state index in [1.807, 2.05) is 0 Å². The Bertz CT molecular complexity index is 578. The van der Waals surface area contributed by atoms with Crippen molar-refractivity contribution in [3.8, 4) is 0 Å². The fourth-order valence-electron chi connectivity index (χ4n) is 2.61. The van der Waals surface area contributed by atoms with Crippen LogP contribution in [0, 0.1) is 0 Å². The Morgan fingerprint density at radius 3 is 2.71 bits per heavy atom. The van der Waals surface area contributed by atoms with Gasteiger partial charge in [-0.25, -0.2) is 0 Å². The number of hydrogen-bond acceptors (Lipinski definition) is 1. The van der Waals surface area contributed by atoms with E-state index in [1.165, 1.54) is 22.0 Å². The summed E-state index contributed by atoms with van der Waals surface area (Å²) in [6.45, 7) is 2.23. The fourth-order valence-corrected chi connectivity index (χ4v) is 2.61. The minimum absolute atomic E-state index is 1.07. The summed E-state index contributed by atoms with van der Waals surface area (Å²) < 4.78 is 2.23. The molecule has 0 bridgehead atoms. The van der Waals surface area contributed by atoms with Crippen molar-refractivity contribution in [3.63, 3.8) is 0 Å². The topological polar surface area (TPSA) is 8.17 Å². The summed E-state index contributed by atoms with van der Waals surface area (Å²) in [5, 5.41) is 1.38. The van der Waals surface area contributed by atoms with Crippen molar-refractivity contribution >= 4 is 16.5 Å². The summed E-state index contributed by atoms with van der Waals surface area (Å²) in [6, 6.07) is 8.65. The van der Waals surface area contributed by atoms with Crippen LogP contribution < -0.4 is 0 Å². The van der Waals surface area contributed by atoms with E-state index in [0.717, 1.165) is 19.5 Å². The van der Waals surface area contributed by atoms with E-state index >= 15 is 0 Å². The molecule has 0 aliphatic carbocycles. The van der Waals surface area contributed by atoms with E-state index in [9.17, 15) is 0 Å². The van der Waals surface area contributed by atoms with Gasteiger partial charge in [0.05, 0.1) is 0 Å². The van der Waals surface area contributed by atoms with Crippen molar-refractivity contribution in [3.05, 3.63) is 42.1 Å². The van der Waals surface area contributed by atoms with Gasteiger partial charge >= 0.3 is 0 Å². The highest BCUT2D eigenvalue weighted by molar-refractivity contribution is 5.93. The number of aromatic nitrogens is 1. The molecule has 2 aromatic rings. The molecule has 0 N–H and O–H groups in total. The number of likely N-dealkylation sites (N-methyl/N-ethyl adjacent to an activating group) is 1. The molecule has 2 heterocycles. The van der Waals surface area contributed by atoms with Crippen LogP contribution in [-0.4, -0.2) is 29.6 Å². The molecule has 88 valence electrons. The summed E-state index contributed by atoms with van der Waals surface area (Å²) in [5.41, 5.74) is 4.23. The van der Waals surface area contributed by atoms with Crippen LogP contribution in [0.1, 0.15) is 12.0 Å². The van der Waals surface area contributed by atoms with Crippen LogP contribution in [0.25, 0.3) is 16.5 Å². The van der Waals surface area contributed by atoms with Gasteiger partial charge in [0.1, 0.15) is 0 Å². The first-order chi connectivity index (χ1) is 8.25. The lowest BCUT2D eigenvalue weighted by atomic mass is 9.99. The Labute approximate surface area is 102 Å². The van der Waals surface area contributed by atoms with Gasteiger partial charge in [0.15, 0.2) is 0 Å². The largest absolute Gasteiger partial charge is 0.350 e. The summed E-state index contributed by atoms with van der Waals surface area (Å²) >= 11 is 0. The lowest BCUT2D eigenvalue weighted by Crippen LogP contribution is -2.23. The maximum absolute atomic E-state index is 2.37. The standard InChI is InChI=1S/C15H18N2/c1-16-9-7-12(8-10-16)14-11-17(2)15-6-4-3-5-13(14)15/h3-7,11H,8-10H2,1-2H3. The normalized spacial score (nSPS) is 17.4. The number of benzene rings is 1. The van der Waals surface area contributed by atoms with Crippen LogP contribution in [0.15, 0.2) is 36.5 Å². The molecule has 1 aliphatic rings. The van der Waals surface area contributed by atoms with E-state index in [0.29, 0.717) is 0 Å². The van der Waals surface area contributed by atoms with Crippen LogP contribution in [0.3, 0.4) is 0 Å². The predicted octanol–water partition coefficient (Wildman–Crippen LogP) is 2.90. The second kappa shape index (κ2) is 4.04. The van der Waals surface area contributed by atoms with Crippen LogP contribution in [-0.2, 0) is 7.05 Å². The van der Waals surface area contributed by atoms with Crippen molar-refractivity contribution in [2.45, 2.75) is 6.42 Å². The third kappa shape index (κ3) is 1.79. The molecular weight excluding hydrogens is 208 g/mol. The molecule has 0 saturated heterocycles. The van der Waals surface area contributed by atoms with Crippen molar-refractivity contribution in [2.24, 2.45) is 7.05 Å². The summed E-state index contributed by atoms with van der Waals surface area (Å²) in [5.74, 6) is 0. The third-order valence-corrected chi connectivity index (χ3v) is 3.66. The average Bonchev–Trinajstić information content (AvgIpc) is 2.69. The zero-order chi connectivity index (χ0) is 11.8. The fraction of sp³-hybridized carbons (Fsp3) is 0.333. The van der Waals surface area contributed by atoms with Crippen LogP contribution >= 0.6 is 0 Å². The van der Waals surface area contributed by atoms with Crippen molar-refractivity contribution in [2.75, 3.05) is 20.1 Å². The van der Waals surface area contributed by atoms with Gasteiger partial charge < -0.3 is 9.47 Å². The Morgan fingerprint density at radius 2 is 1.94 bits per heavy atom. The second-order valence-electron chi connectivity index (χ2n) is 4.91. The van der Waals surface area contributed by atoms with E-state index in [2.05, 4.69) is 60.1 Å². The maximum Gasteiger partial charge on any atom is 0.0484 e. The van der Waals surface area contributed by atoms with Gasteiger partial charge in [0.2, 0.25) is 0 Å². The van der Waals surface area contributed by atoms with Gasteiger partial charge in [-0.15, -0.1) is 0 Å². The zero-order valence-corrected chi connectivity index (χ0v) is 10.5. The van der Waals surface area contributed by atoms with Crippen molar-refractivity contribution in [1.29, 1.82) is 0 Å². The van der Waals surface area contributed by atoms with Gasteiger partial charge in [-0.3, -0.25) is 0 Å². The molecule has 1 aromatic heterocycles. The summed E-state index contributed by atoms with van der Waals surface area (Å²) in [6.07, 6.45) is 5.79. The monoisotopic (exact) mass is 226 g/mol. The molecule has 2 heteroatoms.